The standard InChI is InChI=1S/C14H12ClN3O2/c15-10-3-1-2-9-8(10)4-5-11(9)17-12-6-7-16-13(18-12)14(19)20/h1-3,6-7,11H,4-5H2,(H,19,20)(H,16,17,18). The number of nitrogens with one attached hydrogen (secondary N) is 1. The molecule has 3 rings (SSSR count). The van der Waals surface area contributed by atoms with Crippen molar-refractivity contribution in [1.82, 2.24) is 9.97 Å². The van der Waals surface area contributed by atoms with Gasteiger partial charge in [0.05, 0.1) is 6.04 Å². The number of halogens is 1. The molecule has 1 aromatic carbocycles. The summed E-state index contributed by atoms with van der Waals surface area (Å²) < 4.78 is 0. The van der Waals surface area contributed by atoms with Gasteiger partial charge in [-0.3, -0.25) is 0 Å². The van der Waals surface area contributed by atoms with Crippen molar-refractivity contribution in [3.8, 4) is 0 Å². The van der Waals surface area contributed by atoms with Gasteiger partial charge >= 0.3 is 5.97 Å². The van der Waals surface area contributed by atoms with Crippen LogP contribution < -0.4 is 5.32 Å². The van der Waals surface area contributed by atoms with E-state index in [0.29, 0.717) is 5.82 Å². The first-order chi connectivity index (χ1) is 9.65. The van der Waals surface area contributed by atoms with Crippen LogP contribution in [-0.2, 0) is 6.42 Å². The highest BCUT2D eigenvalue weighted by atomic mass is 35.5. The van der Waals surface area contributed by atoms with Crippen molar-refractivity contribution >= 4 is 23.4 Å². The quantitative estimate of drug-likeness (QED) is 0.908. The summed E-state index contributed by atoms with van der Waals surface area (Å²) in [6.07, 6.45) is 3.25. The Bertz CT molecular complexity index is 675. The third-order valence-electron chi connectivity index (χ3n) is 3.38. The van der Waals surface area contributed by atoms with Crippen molar-refractivity contribution in [2.75, 3.05) is 5.32 Å². The summed E-state index contributed by atoms with van der Waals surface area (Å²) in [6.45, 7) is 0. The van der Waals surface area contributed by atoms with Gasteiger partial charge in [0.15, 0.2) is 0 Å². The van der Waals surface area contributed by atoms with E-state index in [-0.39, 0.29) is 11.9 Å². The predicted molar refractivity (Wildman–Crippen MR) is 75.1 cm³/mol. The van der Waals surface area contributed by atoms with Crippen molar-refractivity contribution < 1.29 is 9.90 Å². The van der Waals surface area contributed by atoms with Gasteiger partial charge in [-0.2, -0.15) is 0 Å². The number of carboxylic acid groups (broad SMARTS) is 1. The number of hydrogen-bond donors (Lipinski definition) is 2. The van der Waals surface area contributed by atoms with E-state index in [9.17, 15) is 4.79 Å². The summed E-state index contributed by atoms with van der Waals surface area (Å²) in [5, 5.41) is 12.9. The van der Waals surface area contributed by atoms with E-state index >= 15 is 0 Å². The first-order valence-corrected chi connectivity index (χ1v) is 6.63. The van der Waals surface area contributed by atoms with Crippen molar-refractivity contribution in [3.05, 3.63) is 52.4 Å². The number of hydrogen-bond acceptors (Lipinski definition) is 4. The van der Waals surface area contributed by atoms with E-state index in [2.05, 4.69) is 15.3 Å². The number of anilines is 1. The Morgan fingerprint density at radius 1 is 1.40 bits per heavy atom. The lowest BCUT2D eigenvalue weighted by molar-refractivity contribution is 0.0683. The molecule has 5 nitrogen and oxygen atoms in total. The zero-order valence-corrected chi connectivity index (χ0v) is 11.3. The van der Waals surface area contributed by atoms with E-state index in [0.717, 1.165) is 29.0 Å². The summed E-state index contributed by atoms with van der Waals surface area (Å²) in [6, 6.07) is 7.60. The molecule has 1 aliphatic carbocycles. The number of carboxylic acids is 1. The molecule has 0 amide bonds. The van der Waals surface area contributed by atoms with Gasteiger partial charge < -0.3 is 10.4 Å². The van der Waals surface area contributed by atoms with Gasteiger partial charge in [0, 0.05) is 11.2 Å². The van der Waals surface area contributed by atoms with Crippen molar-refractivity contribution in [1.29, 1.82) is 0 Å². The van der Waals surface area contributed by atoms with E-state index in [1.54, 1.807) is 6.07 Å². The summed E-state index contributed by atoms with van der Waals surface area (Å²) in [5.41, 5.74) is 2.30. The summed E-state index contributed by atoms with van der Waals surface area (Å²) in [7, 11) is 0. The van der Waals surface area contributed by atoms with Gasteiger partial charge in [-0.15, -0.1) is 0 Å². The van der Waals surface area contributed by atoms with Gasteiger partial charge in [-0.25, -0.2) is 14.8 Å². The second-order valence-electron chi connectivity index (χ2n) is 4.61. The minimum absolute atomic E-state index is 0.0974. The Kier molecular flexibility index (Phi) is 3.28. The highest BCUT2D eigenvalue weighted by Gasteiger charge is 2.24. The van der Waals surface area contributed by atoms with Crippen LogP contribution in [0.2, 0.25) is 5.02 Å². The van der Waals surface area contributed by atoms with Crippen molar-refractivity contribution in [2.45, 2.75) is 18.9 Å². The number of aromatic nitrogens is 2. The van der Waals surface area contributed by atoms with Crippen LogP contribution in [0.1, 0.15) is 34.2 Å². The number of benzene rings is 1. The molecule has 2 aromatic rings. The molecule has 1 aliphatic rings. The van der Waals surface area contributed by atoms with Crippen LogP contribution in [0.5, 0.6) is 0 Å². The first kappa shape index (κ1) is 12.9. The van der Waals surface area contributed by atoms with Crippen LogP contribution in [0.25, 0.3) is 0 Å². The van der Waals surface area contributed by atoms with Gasteiger partial charge in [-0.1, -0.05) is 23.7 Å². The maximum Gasteiger partial charge on any atom is 0.374 e. The number of carbonyl (C=O) groups is 1. The number of rotatable bonds is 3. The molecule has 1 unspecified atom stereocenters. The zero-order valence-electron chi connectivity index (χ0n) is 10.5. The second-order valence-corrected chi connectivity index (χ2v) is 5.02. The van der Waals surface area contributed by atoms with E-state index < -0.39 is 5.97 Å². The minimum Gasteiger partial charge on any atom is -0.475 e. The first-order valence-electron chi connectivity index (χ1n) is 6.25. The molecule has 0 bridgehead atoms. The lowest BCUT2D eigenvalue weighted by Gasteiger charge is -2.14. The van der Waals surface area contributed by atoms with Gasteiger partial charge in [0.25, 0.3) is 0 Å². The zero-order chi connectivity index (χ0) is 14.1. The lowest BCUT2D eigenvalue weighted by atomic mass is 10.1. The predicted octanol–water partition coefficient (Wildman–Crippen LogP) is 2.93. The van der Waals surface area contributed by atoms with E-state index in [1.165, 1.54) is 6.20 Å². The molecule has 0 radical (unpaired) electrons. The maximum atomic E-state index is 10.9. The average molecular weight is 290 g/mol. The summed E-state index contributed by atoms with van der Waals surface area (Å²) in [5.74, 6) is -0.835. The van der Waals surface area contributed by atoms with Crippen LogP contribution in [0, 0.1) is 0 Å². The van der Waals surface area contributed by atoms with Crippen LogP contribution in [0.4, 0.5) is 5.82 Å². The fraction of sp³-hybridized carbons (Fsp3) is 0.214. The molecule has 2 N–H and O–H groups in total. The number of fused-ring (bicyclic) bond motifs is 1. The molecule has 0 saturated heterocycles. The topological polar surface area (TPSA) is 75.1 Å². The molecule has 0 fully saturated rings. The molecule has 0 saturated carbocycles. The van der Waals surface area contributed by atoms with Gasteiger partial charge in [0.2, 0.25) is 5.82 Å². The minimum atomic E-state index is -1.14. The Morgan fingerprint density at radius 3 is 3.05 bits per heavy atom. The normalized spacial score (nSPS) is 16.8. The van der Waals surface area contributed by atoms with E-state index in [1.807, 2.05) is 18.2 Å². The molecule has 20 heavy (non-hydrogen) atoms. The van der Waals surface area contributed by atoms with Crippen LogP contribution >= 0.6 is 11.6 Å². The smallest absolute Gasteiger partial charge is 0.374 e. The fourth-order valence-corrected chi connectivity index (χ4v) is 2.76. The molecular formula is C14H12ClN3O2. The van der Waals surface area contributed by atoms with Gasteiger partial charge in [0.1, 0.15) is 5.82 Å². The molecule has 0 spiro atoms. The molecular weight excluding hydrogens is 278 g/mol. The highest BCUT2D eigenvalue weighted by Crippen LogP contribution is 2.37. The number of aromatic carboxylic acids is 1. The SMILES string of the molecule is O=C(O)c1nccc(NC2CCc3c(Cl)cccc32)n1. The second kappa shape index (κ2) is 5.09. The monoisotopic (exact) mass is 289 g/mol. The molecule has 1 heterocycles. The summed E-state index contributed by atoms with van der Waals surface area (Å²) >= 11 is 6.17. The third-order valence-corrected chi connectivity index (χ3v) is 3.74. The Balaban J connectivity index is 1.86. The Labute approximate surface area is 120 Å². The van der Waals surface area contributed by atoms with Crippen molar-refractivity contribution in [2.24, 2.45) is 0 Å². The Hall–Kier alpha value is -2.14. The summed E-state index contributed by atoms with van der Waals surface area (Å²) in [4.78, 5) is 18.5. The number of nitrogens with zero attached hydrogens (tertiary/aromatic N) is 2. The van der Waals surface area contributed by atoms with Crippen molar-refractivity contribution in [3.63, 3.8) is 0 Å². The average Bonchev–Trinajstić information content (AvgIpc) is 2.84. The van der Waals surface area contributed by atoms with E-state index in [4.69, 9.17) is 16.7 Å². The maximum absolute atomic E-state index is 10.9. The molecule has 102 valence electrons. The fourth-order valence-electron chi connectivity index (χ4n) is 2.48. The lowest BCUT2D eigenvalue weighted by Crippen LogP contribution is -2.11. The van der Waals surface area contributed by atoms with Crippen LogP contribution in [-0.4, -0.2) is 21.0 Å². The largest absolute Gasteiger partial charge is 0.475 e. The molecule has 0 aliphatic heterocycles. The van der Waals surface area contributed by atoms with Gasteiger partial charge in [-0.05, 0) is 36.1 Å². The molecule has 1 aromatic heterocycles. The van der Waals surface area contributed by atoms with Crippen LogP contribution in [0.3, 0.4) is 0 Å². The Morgan fingerprint density at radius 2 is 2.25 bits per heavy atom. The van der Waals surface area contributed by atoms with Crippen LogP contribution in [0.15, 0.2) is 30.5 Å². The third kappa shape index (κ3) is 2.32. The molecule has 6 heteroatoms. The highest BCUT2D eigenvalue weighted by molar-refractivity contribution is 6.31. The molecule has 1 atom stereocenters.